The minimum atomic E-state index is -4.64. The monoisotopic (exact) mass is 564 g/mol. The maximum absolute atomic E-state index is 14.8. The highest BCUT2D eigenvalue weighted by Gasteiger charge is 2.35. The van der Waals surface area contributed by atoms with Gasteiger partial charge in [-0.25, -0.2) is 22.8 Å². The number of nitrogens with one attached hydrogen (secondary N) is 1. The Morgan fingerprint density at radius 1 is 1.24 bits per heavy atom. The number of aryl methyl sites for hydroxylation is 1. The third-order valence-electron chi connectivity index (χ3n) is 5.86. The van der Waals surface area contributed by atoms with Crippen LogP contribution in [0.2, 0.25) is 5.02 Å². The quantitative estimate of drug-likeness (QED) is 0.445. The molecule has 1 amide bonds. The molecule has 0 aliphatic carbocycles. The number of carbonyl (C=O) groups excluding carboxylic acids is 1. The zero-order valence-corrected chi connectivity index (χ0v) is 21.1. The number of alkyl halides is 3. The van der Waals surface area contributed by atoms with Gasteiger partial charge in [0, 0.05) is 23.9 Å². The fourth-order valence-electron chi connectivity index (χ4n) is 3.75. The molecule has 1 fully saturated rings. The number of aromatic nitrogens is 3. The third-order valence-corrected chi connectivity index (χ3v) is 7.72. The largest absolute Gasteiger partial charge is 0.478 e. The van der Waals surface area contributed by atoms with Crippen LogP contribution in [-0.4, -0.2) is 58.5 Å². The van der Waals surface area contributed by atoms with Gasteiger partial charge in [0.15, 0.2) is 23.9 Å². The van der Waals surface area contributed by atoms with Gasteiger partial charge in [0.25, 0.3) is 11.8 Å². The number of imidazole rings is 1. The number of halogens is 5. The second-order valence-corrected chi connectivity index (χ2v) is 11.6. The van der Waals surface area contributed by atoms with E-state index in [1.807, 2.05) is 0 Å². The summed E-state index contributed by atoms with van der Waals surface area (Å²) in [6.45, 7) is 1.66. The molecule has 0 spiro atoms. The van der Waals surface area contributed by atoms with Crippen LogP contribution in [0.25, 0.3) is 5.65 Å². The van der Waals surface area contributed by atoms with Crippen LogP contribution in [0, 0.1) is 12.7 Å². The molecule has 15 heteroatoms. The molecule has 9 nitrogen and oxygen atoms in total. The highest BCUT2D eigenvalue weighted by Crippen LogP contribution is 2.34. The number of ether oxygens (including phenoxy) is 2. The highest BCUT2D eigenvalue weighted by atomic mass is 35.5. The van der Waals surface area contributed by atoms with Crippen molar-refractivity contribution >= 4 is 33.0 Å². The summed E-state index contributed by atoms with van der Waals surface area (Å²) >= 11 is 5.79. The van der Waals surface area contributed by atoms with E-state index in [4.69, 9.17) is 21.1 Å². The van der Waals surface area contributed by atoms with E-state index < -0.39 is 57.3 Å². The molecule has 0 unspecified atom stereocenters. The Morgan fingerprint density at radius 3 is 2.57 bits per heavy atom. The number of amides is 1. The molecule has 0 atom stereocenters. The fourth-order valence-corrected chi connectivity index (χ4v) is 5.63. The normalized spacial score (nSPS) is 16.9. The first kappa shape index (κ1) is 26.9. The average molecular weight is 565 g/mol. The number of carbonyl (C=O) groups is 1. The van der Waals surface area contributed by atoms with Gasteiger partial charge < -0.3 is 14.8 Å². The lowest BCUT2D eigenvalue weighted by Crippen LogP contribution is -2.51. The van der Waals surface area contributed by atoms with Crippen molar-refractivity contribution in [1.82, 2.24) is 19.7 Å². The first-order valence-electron chi connectivity index (χ1n) is 10.9. The molecule has 0 radical (unpaired) electrons. The van der Waals surface area contributed by atoms with Gasteiger partial charge in [0.2, 0.25) is 0 Å². The van der Waals surface area contributed by atoms with E-state index in [9.17, 15) is 30.8 Å². The van der Waals surface area contributed by atoms with E-state index in [2.05, 4.69) is 15.3 Å². The molecule has 1 aliphatic rings. The molecule has 0 aromatic carbocycles. The molecule has 0 bridgehead atoms. The summed E-state index contributed by atoms with van der Waals surface area (Å²) in [7, 11) is -3.14. The summed E-state index contributed by atoms with van der Waals surface area (Å²) in [6.07, 6.45) is -1.89. The lowest BCUT2D eigenvalue weighted by atomic mass is 9.94. The van der Waals surface area contributed by atoms with E-state index in [0.717, 1.165) is 18.3 Å². The number of rotatable bonds is 6. The maximum atomic E-state index is 14.8. The van der Waals surface area contributed by atoms with Crippen LogP contribution in [0.5, 0.6) is 17.4 Å². The maximum Gasteiger partial charge on any atom is 0.422 e. The van der Waals surface area contributed by atoms with E-state index in [-0.39, 0.29) is 40.7 Å². The van der Waals surface area contributed by atoms with Crippen molar-refractivity contribution < 1.29 is 40.2 Å². The minimum absolute atomic E-state index is 0.00924. The highest BCUT2D eigenvalue weighted by molar-refractivity contribution is 7.91. The summed E-state index contributed by atoms with van der Waals surface area (Å²) in [5.41, 5.74) is -0.370. The first-order chi connectivity index (χ1) is 17.1. The van der Waals surface area contributed by atoms with Crippen LogP contribution >= 0.6 is 11.6 Å². The smallest absolute Gasteiger partial charge is 0.422 e. The van der Waals surface area contributed by atoms with Gasteiger partial charge in [0.1, 0.15) is 21.2 Å². The Hall–Kier alpha value is -3.13. The molecule has 4 heterocycles. The molecule has 37 heavy (non-hydrogen) atoms. The van der Waals surface area contributed by atoms with E-state index in [0.29, 0.717) is 5.69 Å². The summed E-state index contributed by atoms with van der Waals surface area (Å²) in [4.78, 5) is 20.9. The first-order valence-corrected chi connectivity index (χ1v) is 13.1. The van der Waals surface area contributed by atoms with Crippen molar-refractivity contribution in [2.45, 2.75) is 38.4 Å². The molecule has 1 aliphatic heterocycles. The predicted molar refractivity (Wildman–Crippen MR) is 125 cm³/mol. The minimum Gasteiger partial charge on any atom is -0.478 e. The Labute approximate surface area is 213 Å². The summed E-state index contributed by atoms with van der Waals surface area (Å²) < 4.78 is 87.6. The van der Waals surface area contributed by atoms with Gasteiger partial charge in [-0.3, -0.25) is 9.20 Å². The number of fused-ring (bicyclic) bond motifs is 1. The van der Waals surface area contributed by atoms with Crippen molar-refractivity contribution in [2.75, 3.05) is 18.1 Å². The van der Waals surface area contributed by atoms with Gasteiger partial charge >= 0.3 is 6.18 Å². The van der Waals surface area contributed by atoms with Gasteiger partial charge in [0.05, 0.1) is 28.4 Å². The van der Waals surface area contributed by atoms with Gasteiger partial charge in [-0.2, -0.15) is 13.2 Å². The van der Waals surface area contributed by atoms with Crippen molar-refractivity contribution in [2.24, 2.45) is 0 Å². The Balaban J connectivity index is 1.60. The summed E-state index contributed by atoms with van der Waals surface area (Å²) in [5, 5.41) is 2.80. The zero-order valence-electron chi connectivity index (χ0n) is 19.5. The molecule has 0 saturated carbocycles. The van der Waals surface area contributed by atoms with Crippen molar-refractivity contribution in [3.63, 3.8) is 0 Å². The Bertz CT molecular complexity index is 1460. The van der Waals surface area contributed by atoms with Crippen LogP contribution in [-0.2, 0) is 9.84 Å². The summed E-state index contributed by atoms with van der Waals surface area (Å²) in [5.74, 6) is -2.91. The molecule has 1 saturated heterocycles. The number of pyridine rings is 2. The van der Waals surface area contributed by atoms with E-state index in [1.165, 1.54) is 10.6 Å². The van der Waals surface area contributed by atoms with Gasteiger partial charge in [-0.15, -0.1) is 0 Å². The second kappa shape index (κ2) is 9.63. The van der Waals surface area contributed by atoms with Crippen molar-refractivity contribution in [1.29, 1.82) is 0 Å². The molecular weight excluding hydrogens is 544 g/mol. The molecule has 3 aromatic rings. The topological polar surface area (TPSA) is 112 Å². The van der Waals surface area contributed by atoms with Crippen molar-refractivity contribution in [3.8, 4) is 17.4 Å². The standard InChI is InChI=1S/C22H21ClF4N4O5S/c1-12-18(19(32)30-21(2)3-5-37(33,34)6-4-21)29-17-8-14(24)16(10-31(12)17)36-20-15(7-13(23)9-28-20)35-11-22(25,26)27/h7-10H,3-6,11H2,1-2H3,(H,30,32). The van der Waals surface area contributed by atoms with Crippen LogP contribution in [0.4, 0.5) is 17.6 Å². The van der Waals surface area contributed by atoms with Crippen LogP contribution in [0.3, 0.4) is 0 Å². The predicted octanol–water partition coefficient (Wildman–Crippen LogP) is 4.26. The zero-order chi connectivity index (χ0) is 27.2. The second-order valence-electron chi connectivity index (χ2n) is 8.89. The molecular formula is C22H21ClF4N4O5S. The lowest BCUT2D eigenvalue weighted by Gasteiger charge is -2.34. The van der Waals surface area contributed by atoms with E-state index in [1.54, 1.807) is 13.8 Å². The van der Waals surface area contributed by atoms with Gasteiger partial charge in [-0.1, -0.05) is 11.6 Å². The van der Waals surface area contributed by atoms with Gasteiger partial charge in [-0.05, 0) is 26.7 Å². The van der Waals surface area contributed by atoms with Crippen LogP contribution in [0.1, 0.15) is 35.9 Å². The van der Waals surface area contributed by atoms with E-state index >= 15 is 0 Å². The fraction of sp³-hybridized carbons (Fsp3) is 0.409. The number of hydrogen-bond acceptors (Lipinski definition) is 7. The van der Waals surface area contributed by atoms with Crippen LogP contribution < -0.4 is 14.8 Å². The molecule has 3 aromatic heterocycles. The number of hydrogen-bond donors (Lipinski definition) is 1. The Morgan fingerprint density at radius 2 is 1.92 bits per heavy atom. The molecule has 4 rings (SSSR count). The van der Waals surface area contributed by atoms with Crippen LogP contribution in [0.15, 0.2) is 24.5 Å². The lowest BCUT2D eigenvalue weighted by molar-refractivity contribution is -0.153. The SMILES string of the molecule is Cc1c(C(=O)NC2(C)CCS(=O)(=O)CC2)nc2cc(F)c(Oc3ncc(Cl)cc3OCC(F)(F)F)cn12. The average Bonchev–Trinajstić information content (AvgIpc) is 3.11. The molecule has 1 N–H and O–H groups in total. The number of sulfone groups is 1. The molecule has 200 valence electrons. The third kappa shape index (κ3) is 6.24. The number of nitrogens with zero attached hydrogens (tertiary/aromatic N) is 3. The van der Waals surface area contributed by atoms with Crippen molar-refractivity contribution in [3.05, 3.63) is 46.8 Å². The Kier molecular flexibility index (Phi) is 7.01. The summed E-state index contributed by atoms with van der Waals surface area (Å²) in [6, 6.07) is 2.04.